The van der Waals surface area contributed by atoms with Gasteiger partial charge in [0.15, 0.2) is 0 Å². The average Bonchev–Trinajstić information content (AvgIpc) is 1.96. The van der Waals surface area contributed by atoms with Crippen LogP contribution in [0.5, 0.6) is 0 Å². The highest BCUT2D eigenvalue weighted by Crippen LogP contribution is 2.24. The van der Waals surface area contributed by atoms with Crippen molar-refractivity contribution in [1.29, 1.82) is 0 Å². The maximum absolute atomic E-state index is 5.98. The Morgan fingerprint density at radius 2 is 2.09 bits per heavy atom. The van der Waals surface area contributed by atoms with E-state index in [1.54, 1.807) is 0 Å². The minimum Gasteiger partial charge on any atom is -0.121 e. The molecule has 0 aliphatic carbocycles. The van der Waals surface area contributed by atoms with E-state index < -0.39 is 0 Å². The van der Waals surface area contributed by atoms with Gasteiger partial charge in [0.2, 0.25) is 0 Å². The minimum atomic E-state index is 0.483. The molecule has 0 fully saturated rings. The van der Waals surface area contributed by atoms with Crippen molar-refractivity contribution in [1.82, 2.24) is 0 Å². The number of rotatable bonds is 1. The van der Waals surface area contributed by atoms with E-state index in [1.165, 1.54) is 3.57 Å². The first-order valence-corrected chi connectivity index (χ1v) is 5.14. The van der Waals surface area contributed by atoms with Crippen molar-refractivity contribution in [2.24, 2.45) is 0 Å². The van der Waals surface area contributed by atoms with E-state index in [2.05, 4.69) is 22.6 Å². The molecule has 0 aliphatic rings. The molecule has 0 aliphatic heterocycles. The molecule has 0 nitrogen and oxygen atoms in total. The molecule has 0 radical (unpaired) electrons. The molecule has 0 spiro atoms. The van der Waals surface area contributed by atoms with Crippen LogP contribution in [0.15, 0.2) is 12.1 Å². The van der Waals surface area contributed by atoms with E-state index in [-0.39, 0.29) is 0 Å². The third-order valence-corrected chi connectivity index (χ3v) is 2.89. The number of hydrogen-bond donors (Lipinski definition) is 0. The maximum Gasteiger partial charge on any atom is 0.0489 e. The van der Waals surface area contributed by atoms with E-state index in [9.17, 15) is 0 Å². The van der Waals surface area contributed by atoms with Crippen LogP contribution in [0.1, 0.15) is 11.1 Å². The van der Waals surface area contributed by atoms with Gasteiger partial charge in [-0.25, -0.2) is 0 Å². The second-order valence-electron chi connectivity index (χ2n) is 2.33. The van der Waals surface area contributed by atoms with Gasteiger partial charge in [-0.15, -0.1) is 11.6 Å². The van der Waals surface area contributed by atoms with Crippen LogP contribution in [0.2, 0.25) is 5.02 Å². The third kappa shape index (κ3) is 2.23. The van der Waals surface area contributed by atoms with Gasteiger partial charge in [0.1, 0.15) is 0 Å². The Hall–Kier alpha value is 0.530. The second-order valence-corrected chi connectivity index (χ2v) is 4.22. The Labute approximate surface area is 90.0 Å². The zero-order chi connectivity index (χ0) is 8.43. The highest BCUT2D eigenvalue weighted by atomic mass is 127. The van der Waals surface area contributed by atoms with Gasteiger partial charge in [0.05, 0.1) is 0 Å². The summed E-state index contributed by atoms with van der Waals surface area (Å²) in [6.45, 7) is 1.99. The van der Waals surface area contributed by atoms with E-state index in [4.69, 9.17) is 23.2 Å². The quantitative estimate of drug-likeness (QED) is 0.543. The molecule has 0 heterocycles. The van der Waals surface area contributed by atoms with Gasteiger partial charge in [0, 0.05) is 14.5 Å². The van der Waals surface area contributed by atoms with Gasteiger partial charge >= 0.3 is 0 Å². The number of aryl methyl sites for hydroxylation is 1. The summed E-state index contributed by atoms with van der Waals surface area (Å²) >= 11 is 13.9. The fraction of sp³-hybridized carbons (Fsp3) is 0.250. The predicted molar refractivity (Wildman–Crippen MR) is 58.5 cm³/mol. The molecule has 0 saturated carbocycles. The number of halogens is 3. The summed E-state index contributed by atoms with van der Waals surface area (Å²) in [5, 5.41) is 0.792. The summed E-state index contributed by atoms with van der Waals surface area (Å²) < 4.78 is 1.18. The molecule has 0 N–H and O–H groups in total. The molecule has 0 unspecified atom stereocenters. The lowest BCUT2D eigenvalue weighted by Crippen LogP contribution is -1.86. The van der Waals surface area contributed by atoms with Gasteiger partial charge in [0.25, 0.3) is 0 Å². The molecule has 0 bridgehead atoms. The van der Waals surface area contributed by atoms with Gasteiger partial charge in [-0.2, -0.15) is 0 Å². The first kappa shape index (κ1) is 9.62. The van der Waals surface area contributed by atoms with E-state index in [1.807, 2.05) is 19.1 Å². The van der Waals surface area contributed by atoms with Gasteiger partial charge in [-0.1, -0.05) is 11.6 Å². The summed E-state index contributed by atoms with van der Waals surface area (Å²) in [7, 11) is 0. The largest absolute Gasteiger partial charge is 0.121 e. The third-order valence-electron chi connectivity index (χ3n) is 1.44. The number of alkyl halides is 1. The summed E-state index contributed by atoms with van der Waals surface area (Å²) in [4.78, 5) is 0. The van der Waals surface area contributed by atoms with Gasteiger partial charge in [-0.05, 0) is 52.8 Å². The van der Waals surface area contributed by atoms with Gasteiger partial charge < -0.3 is 0 Å². The van der Waals surface area contributed by atoms with Crippen LogP contribution in [-0.2, 0) is 5.88 Å². The molecule has 0 amide bonds. The monoisotopic (exact) mass is 300 g/mol. The van der Waals surface area contributed by atoms with Crippen molar-refractivity contribution in [3.63, 3.8) is 0 Å². The Morgan fingerprint density at radius 3 is 2.64 bits per heavy atom. The zero-order valence-electron chi connectivity index (χ0n) is 6.00. The lowest BCUT2D eigenvalue weighted by atomic mass is 10.2. The van der Waals surface area contributed by atoms with E-state index >= 15 is 0 Å². The number of hydrogen-bond acceptors (Lipinski definition) is 0. The molecule has 1 aromatic carbocycles. The van der Waals surface area contributed by atoms with Crippen molar-refractivity contribution in [3.05, 3.63) is 31.9 Å². The Morgan fingerprint density at radius 1 is 1.45 bits per heavy atom. The zero-order valence-corrected chi connectivity index (χ0v) is 9.67. The summed E-state index contributed by atoms with van der Waals surface area (Å²) in [5.74, 6) is 0.483. The van der Waals surface area contributed by atoms with Crippen LogP contribution >= 0.6 is 45.8 Å². The van der Waals surface area contributed by atoms with Crippen LogP contribution in [0.25, 0.3) is 0 Å². The fourth-order valence-corrected chi connectivity index (χ4v) is 2.19. The first-order valence-electron chi connectivity index (χ1n) is 3.15. The molecule has 1 aromatic rings. The highest BCUT2D eigenvalue weighted by Gasteiger charge is 2.02. The molecule has 60 valence electrons. The Kier molecular flexibility index (Phi) is 3.47. The molecule has 1 rings (SSSR count). The second kappa shape index (κ2) is 3.97. The molecule has 3 heteroatoms. The lowest BCUT2D eigenvalue weighted by molar-refractivity contribution is 1.33. The first-order chi connectivity index (χ1) is 5.15. The maximum atomic E-state index is 5.98. The van der Waals surface area contributed by atoms with Crippen LogP contribution in [0, 0.1) is 10.5 Å². The predicted octanol–water partition coefficient (Wildman–Crippen LogP) is 3.99. The Balaban J connectivity index is 3.24. The SMILES string of the molecule is Cc1cc(I)cc(CCl)c1Cl. The summed E-state index contributed by atoms with van der Waals surface area (Å²) in [5.41, 5.74) is 2.10. The topological polar surface area (TPSA) is 0 Å². The van der Waals surface area contributed by atoms with E-state index in [0.717, 1.165) is 16.1 Å². The normalized spacial score (nSPS) is 10.2. The molecule has 11 heavy (non-hydrogen) atoms. The van der Waals surface area contributed by atoms with Crippen molar-refractivity contribution in [2.45, 2.75) is 12.8 Å². The van der Waals surface area contributed by atoms with Crippen LogP contribution in [0.3, 0.4) is 0 Å². The molecule has 0 aromatic heterocycles. The van der Waals surface area contributed by atoms with Crippen molar-refractivity contribution in [3.8, 4) is 0 Å². The van der Waals surface area contributed by atoms with Crippen LogP contribution in [0.4, 0.5) is 0 Å². The highest BCUT2D eigenvalue weighted by molar-refractivity contribution is 14.1. The van der Waals surface area contributed by atoms with Crippen molar-refractivity contribution < 1.29 is 0 Å². The van der Waals surface area contributed by atoms with Crippen molar-refractivity contribution in [2.75, 3.05) is 0 Å². The Bertz CT molecular complexity index is 271. The van der Waals surface area contributed by atoms with E-state index in [0.29, 0.717) is 5.88 Å². The van der Waals surface area contributed by atoms with Crippen LogP contribution < -0.4 is 0 Å². The standard InChI is InChI=1S/C8H7Cl2I/c1-5-2-7(11)3-6(4-9)8(5)10/h2-3H,4H2,1H3. The van der Waals surface area contributed by atoms with Crippen molar-refractivity contribution >= 4 is 45.8 Å². The molecule has 0 atom stereocenters. The minimum absolute atomic E-state index is 0.483. The van der Waals surface area contributed by atoms with Gasteiger partial charge in [-0.3, -0.25) is 0 Å². The average molecular weight is 301 g/mol. The number of benzene rings is 1. The smallest absolute Gasteiger partial charge is 0.0489 e. The lowest BCUT2D eigenvalue weighted by Gasteiger charge is -2.03. The van der Waals surface area contributed by atoms with Crippen LogP contribution in [-0.4, -0.2) is 0 Å². The molecule has 0 saturated heterocycles. The molecular formula is C8H7Cl2I. The molecular weight excluding hydrogens is 294 g/mol. The summed E-state index contributed by atoms with van der Waals surface area (Å²) in [6, 6.07) is 4.04. The fourth-order valence-electron chi connectivity index (χ4n) is 0.892. The summed E-state index contributed by atoms with van der Waals surface area (Å²) in [6.07, 6.45) is 0.